The van der Waals surface area contributed by atoms with E-state index in [4.69, 9.17) is 16.3 Å². The minimum atomic E-state index is -1.06. The molecule has 1 aromatic rings. The summed E-state index contributed by atoms with van der Waals surface area (Å²) < 4.78 is 4.75. The van der Waals surface area contributed by atoms with Gasteiger partial charge in [0.15, 0.2) is 6.61 Å². The van der Waals surface area contributed by atoms with Gasteiger partial charge in [0, 0.05) is 17.6 Å². The number of hydrogen-bond acceptors (Lipinski definition) is 6. The standard InChI is InChI=1S/C15H18ClN3O6/c1-3-6-17-14(21)9(2)18-13(20)8-25-15(22)11-7-10(16)4-5-12(11)19(23)24/h4-5,7,9H,3,6,8H2,1-2H3,(H,17,21)(H,18,20)/t9-/m0/s1. The number of esters is 1. The van der Waals surface area contributed by atoms with Crippen LogP contribution in [0.5, 0.6) is 0 Å². The number of nitrogens with one attached hydrogen (secondary N) is 2. The van der Waals surface area contributed by atoms with Crippen molar-refractivity contribution in [1.82, 2.24) is 10.6 Å². The number of nitrogens with zero attached hydrogens (tertiary/aromatic N) is 1. The third kappa shape index (κ3) is 6.38. The second-order valence-corrected chi connectivity index (χ2v) is 5.51. The van der Waals surface area contributed by atoms with Crippen molar-refractivity contribution < 1.29 is 24.0 Å². The Balaban J connectivity index is 2.62. The summed E-state index contributed by atoms with van der Waals surface area (Å²) in [5, 5.41) is 16.0. The minimum Gasteiger partial charge on any atom is -0.452 e. The number of carbonyl (C=O) groups excluding carboxylic acids is 3. The lowest BCUT2D eigenvalue weighted by Crippen LogP contribution is -2.46. The molecule has 2 amide bonds. The predicted octanol–water partition coefficient (Wildman–Crippen LogP) is 1.44. The molecular formula is C15H18ClN3O6. The van der Waals surface area contributed by atoms with Crippen molar-refractivity contribution in [2.24, 2.45) is 0 Å². The van der Waals surface area contributed by atoms with Crippen LogP contribution in [0.25, 0.3) is 0 Å². The zero-order valence-electron chi connectivity index (χ0n) is 13.7. The zero-order chi connectivity index (χ0) is 19.0. The number of nitro groups is 1. The molecule has 0 bridgehead atoms. The molecule has 0 radical (unpaired) electrons. The van der Waals surface area contributed by atoms with Crippen molar-refractivity contribution in [2.45, 2.75) is 26.3 Å². The highest BCUT2D eigenvalue weighted by molar-refractivity contribution is 6.31. The molecule has 0 saturated heterocycles. The SMILES string of the molecule is CCCNC(=O)[C@H](C)NC(=O)COC(=O)c1cc(Cl)ccc1[N+](=O)[O-]. The summed E-state index contributed by atoms with van der Waals surface area (Å²) >= 11 is 5.72. The molecule has 1 aromatic carbocycles. The quantitative estimate of drug-likeness (QED) is 0.404. The molecule has 0 aromatic heterocycles. The maximum absolute atomic E-state index is 11.9. The van der Waals surface area contributed by atoms with E-state index in [0.717, 1.165) is 18.6 Å². The van der Waals surface area contributed by atoms with Gasteiger partial charge in [-0.05, 0) is 25.5 Å². The predicted molar refractivity (Wildman–Crippen MR) is 89.3 cm³/mol. The highest BCUT2D eigenvalue weighted by atomic mass is 35.5. The lowest BCUT2D eigenvalue weighted by atomic mass is 10.2. The van der Waals surface area contributed by atoms with Crippen LogP contribution >= 0.6 is 11.6 Å². The smallest absolute Gasteiger partial charge is 0.345 e. The summed E-state index contributed by atoms with van der Waals surface area (Å²) in [6.07, 6.45) is 0.752. The minimum absolute atomic E-state index is 0.114. The van der Waals surface area contributed by atoms with Crippen molar-refractivity contribution in [3.05, 3.63) is 38.9 Å². The van der Waals surface area contributed by atoms with E-state index in [1.54, 1.807) is 0 Å². The molecule has 10 heteroatoms. The summed E-state index contributed by atoms with van der Waals surface area (Å²) in [5.41, 5.74) is -0.846. The second-order valence-electron chi connectivity index (χ2n) is 5.07. The van der Waals surface area contributed by atoms with E-state index in [0.29, 0.717) is 6.54 Å². The van der Waals surface area contributed by atoms with Gasteiger partial charge in [0.1, 0.15) is 11.6 Å². The van der Waals surface area contributed by atoms with Crippen molar-refractivity contribution in [2.75, 3.05) is 13.2 Å². The Hall–Kier alpha value is -2.68. The monoisotopic (exact) mass is 371 g/mol. The van der Waals surface area contributed by atoms with Crippen LogP contribution in [0, 0.1) is 10.1 Å². The van der Waals surface area contributed by atoms with E-state index in [2.05, 4.69) is 10.6 Å². The van der Waals surface area contributed by atoms with Gasteiger partial charge >= 0.3 is 5.97 Å². The average molecular weight is 372 g/mol. The molecule has 25 heavy (non-hydrogen) atoms. The third-order valence-electron chi connectivity index (χ3n) is 3.03. The molecule has 0 saturated carbocycles. The molecule has 9 nitrogen and oxygen atoms in total. The second kappa shape index (κ2) is 9.58. The highest BCUT2D eigenvalue weighted by Gasteiger charge is 2.23. The van der Waals surface area contributed by atoms with E-state index >= 15 is 0 Å². The van der Waals surface area contributed by atoms with Gasteiger partial charge < -0.3 is 15.4 Å². The van der Waals surface area contributed by atoms with E-state index in [1.165, 1.54) is 13.0 Å². The number of halogens is 1. The van der Waals surface area contributed by atoms with Crippen LogP contribution < -0.4 is 10.6 Å². The fraction of sp³-hybridized carbons (Fsp3) is 0.400. The normalized spacial score (nSPS) is 11.3. The fourth-order valence-corrected chi connectivity index (χ4v) is 1.96. The van der Waals surface area contributed by atoms with Crippen LogP contribution in [0.4, 0.5) is 5.69 Å². The molecule has 1 rings (SSSR count). The van der Waals surface area contributed by atoms with Gasteiger partial charge in [0.2, 0.25) is 5.91 Å². The lowest BCUT2D eigenvalue weighted by molar-refractivity contribution is -0.385. The van der Waals surface area contributed by atoms with Crippen LogP contribution in [0.15, 0.2) is 18.2 Å². The number of rotatable bonds is 8. The molecule has 0 aliphatic rings. The van der Waals surface area contributed by atoms with Crippen molar-refractivity contribution >= 4 is 35.1 Å². The molecule has 0 aliphatic carbocycles. The number of ether oxygens (including phenoxy) is 1. The van der Waals surface area contributed by atoms with E-state index in [-0.39, 0.29) is 16.5 Å². The van der Waals surface area contributed by atoms with Gasteiger partial charge in [-0.25, -0.2) is 4.79 Å². The molecule has 2 N–H and O–H groups in total. The number of benzene rings is 1. The summed E-state index contributed by atoms with van der Waals surface area (Å²) in [6, 6.07) is 2.61. The van der Waals surface area contributed by atoms with Crippen molar-refractivity contribution in [3.63, 3.8) is 0 Å². The molecule has 0 fully saturated rings. The summed E-state index contributed by atoms with van der Waals surface area (Å²) in [5.74, 6) is -2.14. The van der Waals surface area contributed by atoms with Crippen molar-refractivity contribution in [3.8, 4) is 0 Å². The number of nitro benzene ring substituents is 1. The first-order valence-corrected chi connectivity index (χ1v) is 7.82. The Labute approximate surface area is 148 Å². The Morgan fingerprint density at radius 2 is 2.04 bits per heavy atom. The van der Waals surface area contributed by atoms with Gasteiger partial charge in [-0.15, -0.1) is 0 Å². The molecule has 0 aliphatic heterocycles. The number of amides is 2. The molecule has 0 spiro atoms. The summed E-state index contributed by atoms with van der Waals surface area (Å²) in [7, 11) is 0. The molecule has 136 valence electrons. The third-order valence-corrected chi connectivity index (χ3v) is 3.26. The number of carbonyl (C=O) groups is 3. The molecule has 0 unspecified atom stereocenters. The molecular weight excluding hydrogens is 354 g/mol. The van der Waals surface area contributed by atoms with Crippen molar-refractivity contribution in [1.29, 1.82) is 0 Å². The van der Waals surface area contributed by atoms with Crippen LogP contribution in [0.1, 0.15) is 30.6 Å². The average Bonchev–Trinajstić information content (AvgIpc) is 2.56. The van der Waals surface area contributed by atoms with E-state index in [9.17, 15) is 24.5 Å². The zero-order valence-corrected chi connectivity index (χ0v) is 14.5. The van der Waals surface area contributed by atoms with E-state index in [1.807, 2.05) is 6.92 Å². The van der Waals surface area contributed by atoms with Crippen LogP contribution in [0.3, 0.4) is 0 Å². The Morgan fingerprint density at radius 1 is 1.36 bits per heavy atom. The summed E-state index contributed by atoms with van der Waals surface area (Å²) in [4.78, 5) is 45.5. The van der Waals surface area contributed by atoms with Gasteiger partial charge in [0.05, 0.1) is 4.92 Å². The first kappa shape index (κ1) is 20.4. The largest absolute Gasteiger partial charge is 0.452 e. The number of hydrogen-bond donors (Lipinski definition) is 2. The van der Waals surface area contributed by atoms with Crippen LogP contribution in [-0.4, -0.2) is 41.9 Å². The van der Waals surface area contributed by atoms with Gasteiger partial charge in [-0.2, -0.15) is 0 Å². The molecule has 1 atom stereocenters. The molecule has 0 heterocycles. The fourth-order valence-electron chi connectivity index (χ4n) is 1.79. The van der Waals surface area contributed by atoms with Crippen LogP contribution in [-0.2, 0) is 14.3 Å². The highest BCUT2D eigenvalue weighted by Crippen LogP contribution is 2.23. The Morgan fingerprint density at radius 3 is 2.64 bits per heavy atom. The first-order valence-electron chi connectivity index (χ1n) is 7.44. The van der Waals surface area contributed by atoms with Crippen LogP contribution in [0.2, 0.25) is 5.02 Å². The summed E-state index contributed by atoms with van der Waals surface area (Å²) in [6.45, 7) is 3.16. The maximum atomic E-state index is 11.9. The maximum Gasteiger partial charge on any atom is 0.345 e. The van der Waals surface area contributed by atoms with E-state index < -0.39 is 35.1 Å². The van der Waals surface area contributed by atoms with Gasteiger partial charge in [-0.1, -0.05) is 18.5 Å². The van der Waals surface area contributed by atoms with Gasteiger partial charge in [0.25, 0.3) is 11.6 Å². The lowest BCUT2D eigenvalue weighted by Gasteiger charge is -2.13. The topological polar surface area (TPSA) is 128 Å². The Kier molecular flexibility index (Phi) is 7.80. The van der Waals surface area contributed by atoms with Gasteiger partial charge in [-0.3, -0.25) is 19.7 Å². The Bertz CT molecular complexity index is 679. The first-order chi connectivity index (χ1) is 11.8.